The Balaban J connectivity index is 2.88. The van der Waals surface area contributed by atoms with E-state index in [9.17, 15) is 9.18 Å². The van der Waals surface area contributed by atoms with Crippen LogP contribution in [0.25, 0.3) is 0 Å². The highest BCUT2D eigenvalue weighted by Gasteiger charge is 2.23. The Morgan fingerprint density at radius 1 is 1.62 bits per heavy atom. The summed E-state index contributed by atoms with van der Waals surface area (Å²) in [6.07, 6.45) is 2.61. The van der Waals surface area contributed by atoms with Crippen LogP contribution >= 0.6 is 0 Å². The Hall–Kier alpha value is -1.39. The molecule has 0 aromatic heterocycles. The van der Waals surface area contributed by atoms with E-state index in [1.54, 1.807) is 7.05 Å². The molecule has 0 aliphatic carbocycles. The van der Waals surface area contributed by atoms with Gasteiger partial charge in [0.05, 0.1) is 5.71 Å². The Morgan fingerprint density at radius 2 is 2.25 bits per heavy atom. The molecule has 1 aliphatic rings. The van der Waals surface area contributed by atoms with Gasteiger partial charge < -0.3 is 15.6 Å². The Morgan fingerprint density at radius 3 is 2.81 bits per heavy atom. The minimum Gasteiger partial charge on any atom is -0.371 e. The fourth-order valence-corrected chi connectivity index (χ4v) is 1.33. The van der Waals surface area contributed by atoms with Crippen LogP contribution in [0.1, 0.15) is 26.7 Å². The van der Waals surface area contributed by atoms with Gasteiger partial charge in [0.2, 0.25) is 5.91 Å². The summed E-state index contributed by atoms with van der Waals surface area (Å²) < 4.78 is 13.5. The van der Waals surface area contributed by atoms with Gasteiger partial charge in [0.1, 0.15) is 11.5 Å². The first-order valence-corrected chi connectivity index (χ1v) is 5.32. The summed E-state index contributed by atoms with van der Waals surface area (Å²) in [5, 5.41) is 10.6. The molecule has 2 N–H and O–H groups in total. The summed E-state index contributed by atoms with van der Waals surface area (Å²) in [6.45, 7) is 3.32. The third-order valence-corrected chi connectivity index (χ3v) is 2.53. The number of carbonyl (C=O) groups is 1. The minimum atomic E-state index is -1.69. The molecule has 1 aliphatic heterocycles. The van der Waals surface area contributed by atoms with E-state index in [0.29, 0.717) is 18.8 Å². The molecule has 1 amide bonds. The topological polar surface area (TPSA) is 56.2 Å². The summed E-state index contributed by atoms with van der Waals surface area (Å²) >= 11 is 0. The number of allylic oxidation sites excluding steroid dienone is 1. The maximum atomic E-state index is 13.5. The smallest absolute Gasteiger partial charge is 0.227 e. The van der Waals surface area contributed by atoms with E-state index < -0.39 is 5.67 Å². The molecule has 1 heterocycles. The molecule has 0 aromatic carbocycles. The number of nitrogens with one attached hydrogen (secondary N) is 2. The fraction of sp³-hybridized carbons (Fsp3) is 0.636. The van der Waals surface area contributed by atoms with E-state index >= 15 is 0 Å². The summed E-state index contributed by atoms with van der Waals surface area (Å²) in [4.78, 5) is 13.0. The molecule has 4 nitrogen and oxygen atoms in total. The highest BCUT2D eigenvalue weighted by Crippen LogP contribution is 2.14. The van der Waals surface area contributed by atoms with Crippen LogP contribution in [-0.2, 0) is 4.79 Å². The van der Waals surface area contributed by atoms with Gasteiger partial charge in [-0.15, -0.1) is 0 Å². The first kappa shape index (κ1) is 12.7. The lowest BCUT2D eigenvalue weighted by Crippen LogP contribution is -2.33. The molecular formula is C11H18FN3O. The summed E-state index contributed by atoms with van der Waals surface area (Å²) in [5.74, 6) is 0.485. The average Bonchev–Trinajstić information content (AvgIpc) is 2.32. The van der Waals surface area contributed by atoms with Crippen molar-refractivity contribution in [2.45, 2.75) is 32.4 Å². The third kappa shape index (κ3) is 3.05. The quantitative estimate of drug-likeness (QED) is 0.701. The largest absolute Gasteiger partial charge is 0.371 e. The molecule has 1 saturated heterocycles. The van der Waals surface area contributed by atoms with Crippen LogP contribution in [-0.4, -0.2) is 35.8 Å². The van der Waals surface area contributed by atoms with Crippen LogP contribution in [0.3, 0.4) is 0 Å². The van der Waals surface area contributed by atoms with Crippen molar-refractivity contribution in [1.82, 2.24) is 10.2 Å². The first-order valence-electron chi connectivity index (χ1n) is 5.32. The second-order valence-electron chi connectivity index (χ2n) is 4.40. The molecule has 90 valence electrons. The van der Waals surface area contributed by atoms with Gasteiger partial charge in [0.15, 0.2) is 0 Å². The van der Waals surface area contributed by atoms with Crippen molar-refractivity contribution in [2.24, 2.45) is 0 Å². The molecule has 1 rings (SSSR count). The summed E-state index contributed by atoms with van der Waals surface area (Å²) in [6, 6.07) is 0. The van der Waals surface area contributed by atoms with Crippen molar-refractivity contribution < 1.29 is 9.18 Å². The van der Waals surface area contributed by atoms with E-state index in [2.05, 4.69) is 5.32 Å². The molecule has 0 unspecified atom stereocenters. The van der Waals surface area contributed by atoms with Crippen molar-refractivity contribution >= 4 is 11.6 Å². The maximum absolute atomic E-state index is 13.5. The van der Waals surface area contributed by atoms with E-state index in [-0.39, 0.29) is 11.6 Å². The molecule has 0 atom stereocenters. The number of amides is 1. The SMILES string of the molecule is CN1C(=O)CCCN/C1=C\C(=N)C(C)(C)F. The number of alkyl halides is 1. The first-order chi connectivity index (χ1) is 7.32. The summed E-state index contributed by atoms with van der Waals surface area (Å²) in [7, 11) is 1.63. The monoisotopic (exact) mass is 227 g/mol. The predicted octanol–water partition coefficient (Wildman–Crippen LogP) is 1.44. The van der Waals surface area contributed by atoms with Crippen LogP contribution in [0.4, 0.5) is 4.39 Å². The van der Waals surface area contributed by atoms with Crippen molar-refractivity contribution in [2.75, 3.05) is 13.6 Å². The summed E-state index contributed by atoms with van der Waals surface area (Å²) in [5.41, 5.74) is -1.83. The second kappa shape index (κ2) is 4.63. The molecule has 16 heavy (non-hydrogen) atoms. The van der Waals surface area contributed by atoms with Gasteiger partial charge in [0.25, 0.3) is 0 Å². The molecule has 1 fully saturated rings. The maximum Gasteiger partial charge on any atom is 0.227 e. The zero-order chi connectivity index (χ0) is 12.3. The third-order valence-electron chi connectivity index (χ3n) is 2.53. The van der Waals surface area contributed by atoms with Gasteiger partial charge in [-0.2, -0.15) is 0 Å². The second-order valence-corrected chi connectivity index (χ2v) is 4.40. The van der Waals surface area contributed by atoms with Crippen molar-refractivity contribution in [3.63, 3.8) is 0 Å². The van der Waals surface area contributed by atoms with Crippen LogP contribution in [0.15, 0.2) is 11.9 Å². The van der Waals surface area contributed by atoms with Crippen LogP contribution in [0, 0.1) is 5.41 Å². The lowest BCUT2D eigenvalue weighted by atomic mass is 10.0. The van der Waals surface area contributed by atoms with Gasteiger partial charge in [-0.3, -0.25) is 4.79 Å². The standard InChI is InChI=1S/C11H18FN3O/c1-11(2,12)8(13)7-9-14-6-4-5-10(16)15(9)3/h7,13-14H,4-6H2,1-3H3/b9-7+,13-8?. The van der Waals surface area contributed by atoms with Gasteiger partial charge >= 0.3 is 0 Å². The zero-order valence-corrected chi connectivity index (χ0v) is 9.93. The highest BCUT2D eigenvalue weighted by atomic mass is 19.1. The number of hydrogen-bond acceptors (Lipinski definition) is 3. The fourth-order valence-electron chi connectivity index (χ4n) is 1.33. The number of halogens is 1. The van der Waals surface area contributed by atoms with E-state index in [4.69, 9.17) is 5.41 Å². The Kier molecular flexibility index (Phi) is 3.67. The highest BCUT2D eigenvalue weighted by molar-refractivity contribution is 5.99. The van der Waals surface area contributed by atoms with E-state index in [0.717, 1.165) is 6.42 Å². The minimum absolute atomic E-state index is 0.0132. The molecule has 0 aromatic rings. The Bertz CT molecular complexity index is 331. The molecule has 0 bridgehead atoms. The van der Waals surface area contributed by atoms with Crippen LogP contribution in [0.2, 0.25) is 0 Å². The number of hydrogen-bond donors (Lipinski definition) is 2. The molecule has 0 saturated carbocycles. The van der Waals surface area contributed by atoms with E-state index in [1.165, 1.54) is 24.8 Å². The number of carbonyl (C=O) groups excluding carboxylic acids is 1. The zero-order valence-electron chi connectivity index (χ0n) is 9.93. The van der Waals surface area contributed by atoms with Gasteiger partial charge in [-0.25, -0.2) is 4.39 Å². The van der Waals surface area contributed by atoms with Gasteiger partial charge in [-0.1, -0.05) is 0 Å². The number of nitrogens with zero attached hydrogens (tertiary/aromatic N) is 1. The van der Waals surface area contributed by atoms with Crippen molar-refractivity contribution in [1.29, 1.82) is 5.41 Å². The molecule has 5 heteroatoms. The molecular weight excluding hydrogens is 209 g/mol. The van der Waals surface area contributed by atoms with Crippen molar-refractivity contribution in [3.8, 4) is 0 Å². The lowest BCUT2D eigenvalue weighted by molar-refractivity contribution is -0.127. The molecule has 0 radical (unpaired) electrons. The average molecular weight is 227 g/mol. The molecule has 0 spiro atoms. The van der Waals surface area contributed by atoms with Crippen LogP contribution < -0.4 is 5.32 Å². The van der Waals surface area contributed by atoms with Crippen molar-refractivity contribution in [3.05, 3.63) is 11.9 Å². The normalized spacial score (nSPS) is 20.6. The van der Waals surface area contributed by atoms with Crippen LogP contribution in [0.5, 0.6) is 0 Å². The number of rotatable bonds is 2. The van der Waals surface area contributed by atoms with Gasteiger partial charge in [0, 0.05) is 26.1 Å². The predicted molar refractivity (Wildman–Crippen MR) is 61.0 cm³/mol. The lowest BCUT2D eigenvalue weighted by Gasteiger charge is -2.20. The van der Waals surface area contributed by atoms with Gasteiger partial charge in [-0.05, 0) is 20.3 Å². The Labute approximate surface area is 95.0 Å². The van der Waals surface area contributed by atoms with E-state index in [1.807, 2.05) is 0 Å².